The molecule has 92 heavy (non-hydrogen) atoms. The number of hydrogen-bond acceptors (Lipinski definition) is 31. The number of nitrogens with two attached hydrogens (primary N) is 2. The summed E-state index contributed by atoms with van der Waals surface area (Å²) in [4.78, 5) is 96.3. The Kier molecular flexibility index (Phi) is 24.0. The lowest BCUT2D eigenvalue weighted by molar-refractivity contribution is -0.352. The summed E-state index contributed by atoms with van der Waals surface area (Å²) < 4.78 is 28.5. The highest BCUT2D eigenvalue weighted by molar-refractivity contribution is 9.10. The standard InChI is InChI=1S/C54H77BrN12O25/c1-18(20-5-3-2-4-6-20)31-47(85)61-22(10-19-7-8-26(21(55)9-19)89-51-43(82)40(79)44(29(17-71)91-51)92-52-42(81)39(78)37(76)28(16-70)90-52)46(84)65-32(34(73)23-11-59-53(56)63-23)49(87)66-33(48(86)62-24(14-68)45(83)58-13-30(72)64-31)35(74)25-12-60-54(57)67(25)50-41(80)38(77)36(75)27(15-69)88-50/h2-9,18,22-25,27-29,31-44,50-52,68-71,73-82H,10-17H2,1H3,(H2,57,60)(H,58,83)(H,61,85)(H,62,86)(H,64,72)(H,65,84)(H,66,87)(H3,56,59,63)/t18?,22-,23?,24+,25?,27-,28-,29-,31+,32+,33-,34?,35?,36-,37-,38+,39+,40-,41+,42+,43+,44-,50+,51+,52-/m1/s1. The summed E-state index contributed by atoms with van der Waals surface area (Å²) in [7, 11) is 0. The number of benzene rings is 2. The van der Waals surface area contributed by atoms with E-state index in [-0.39, 0.29) is 28.3 Å². The summed E-state index contributed by atoms with van der Waals surface area (Å²) in [5.41, 5.74) is 12.8. The number of nitrogens with zero attached hydrogens (tertiary/aromatic N) is 3. The van der Waals surface area contributed by atoms with Crippen LogP contribution in [0.5, 0.6) is 5.75 Å². The molecule has 0 aromatic heterocycles. The number of nitrogens with one attached hydrogen (secondary N) is 7. The number of aliphatic imine (C=N–C) groups is 2. The van der Waals surface area contributed by atoms with Gasteiger partial charge in [0.25, 0.3) is 0 Å². The van der Waals surface area contributed by atoms with Crippen molar-refractivity contribution in [2.75, 3.05) is 46.1 Å². The first kappa shape index (κ1) is 71.2. The molecule has 6 aliphatic rings. The Labute approximate surface area is 530 Å². The fourth-order valence-electron chi connectivity index (χ4n) is 11.3. The Morgan fingerprint density at radius 2 is 1.20 bits per heavy atom. The smallest absolute Gasteiger partial charge is 0.246 e. The Morgan fingerprint density at radius 3 is 1.83 bits per heavy atom. The highest BCUT2D eigenvalue weighted by Gasteiger charge is 2.54. The van der Waals surface area contributed by atoms with Crippen LogP contribution < -0.4 is 53.4 Å². The predicted octanol–water partition coefficient (Wildman–Crippen LogP) is -12.8. The molecule has 6 aliphatic heterocycles. The Hall–Kier alpha value is -6.64. The minimum absolute atomic E-state index is 0.0563. The van der Waals surface area contributed by atoms with E-state index in [4.69, 9.17) is 35.2 Å². The van der Waals surface area contributed by atoms with Crippen LogP contribution in [0.2, 0.25) is 0 Å². The highest BCUT2D eigenvalue weighted by Crippen LogP contribution is 2.34. The third-order valence-corrected chi connectivity index (χ3v) is 17.2. The van der Waals surface area contributed by atoms with E-state index in [1.54, 1.807) is 37.3 Å². The molecule has 38 heteroatoms. The lowest BCUT2D eigenvalue weighted by Gasteiger charge is -2.46. The van der Waals surface area contributed by atoms with Crippen LogP contribution >= 0.6 is 15.9 Å². The molecule has 4 fully saturated rings. The fraction of sp³-hybridized carbons (Fsp3) is 0.630. The topological polar surface area (TPSA) is 596 Å². The second kappa shape index (κ2) is 31.1. The number of ether oxygens (including phenoxy) is 5. The van der Waals surface area contributed by atoms with Crippen LogP contribution in [0.3, 0.4) is 0 Å². The van der Waals surface area contributed by atoms with Gasteiger partial charge in [-0.1, -0.05) is 43.3 Å². The van der Waals surface area contributed by atoms with Crippen molar-refractivity contribution in [2.24, 2.45) is 21.5 Å². The van der Waals surface area contributed by atoms with Gasteiger partial charge in [-0.25, -0.2) is 0 Å². The molecule has 8 rings (SSSR count). The van der Waals surface area contributed by atoms with E-state index in [0.29, 0.717) is 5.56 Å². The van der Waals surface area contributed by atoms with Crippen LogP contribution in [-0.2, 0) is 54.1 Å². The van der Waals surface area contributed by atoms with Gasteiger partial charge >= 0.3 is 0 Å². The van der Waals surface area contributed by atoms with Gasteiger partial charge in [0.05, 0.1) is 62.6 Å². The zero-order valence-electron chi connectivity index (χ0n) is 48.8. The van der Waals surface area contributed by atoms with Crippen molar-refractivity contribution in [3.8, 4) is 5.75 Å². The number of guanidine groups is 2. The third kappa shape index (κ3) is 15.8. The van der Waals surface area contributed by atoms with E-state index in [0.717, 1.165) is 4.90 Å². The summed E-state index contributed by atoms with van der Waals surface area (Å²) in [6.07, 6.45) is -31.9. The van der Waals surface area contributed by atoms with Gasteiger partial charge in [-0.2, -0.15) is 0 Å². The second-order valence-corrected chi connectivity index (χ2v) is 23.5. The molecular formula is C54H77BrN12O25. The number of carbonyl (C=O) groups is 6. The van der Waals surface area contributed by atoms with E-state index in [1.807, 2.05) is 0 Å². The van der Waals surface area contributed by atoms with Crippen LogP contribution in [0.1, 0.15) is 24.0 Å². The number of hydrogen-bond donors (Lipinski definition) is 23. The molecule has 0 aliphatic carbocycles. The number of carbonyl (C=O) groups excluding carboxylic acids is 6. The van der Waals surface area contributed by atoms with Gasteiger partial charge in [-0.3, -0.25) is 38.8 Å². The molecule has 0 spiro atoms. The number of aliphatic hydroxyl groups is 14. The van der Waals surface area contributed by atoms with Crippen molar-refractivity contribution in [3.63, 3.8) is 0 Å². The van der Waals surface area contributed by atoms with Gasteiger partial charge in [0.1, 0.15) is 121 Å². The van der Waals surface area contributed by atoms with Crippen molar-refractivity contribution < 1.29 is 124 Å². The Bertz CT molecular complexity index is 2980. The second-order valence-electron chi connectivity index (χ2n) is 22.7. The van der Waals surface area contributed by atoms with Crippen LogP contribution in [0.4, 0.5) is 0 Å². The van der Waals surface area contributed by atoms with Crippen LogP contribution in [0, 0.1) is 0 Å². The summed E-state index contributed by atoms with van der Waals surface area (Å²) in [5.74, 6) is -9.10. The first-order chi connectivity index (χ1) is 43.7. The molecule has 37 nitrogen and oxygen atoms in total. The molecule has 6 amide bonds. The third-order valence-electron chi connectivity index (χ3n) is 16.6. The number of halogens is 1. The number of rotatable bonds is 17. The average Bonchev–Trinajstić information content (AvgIpc) is 1.43. The number of aliphatic hydroxyl groups excluding tert-OH is 14. The van der Waals surface area contributed by atoms with E-state index in [2.05, 4.69) is 63.1 Å². The SMILES string of the molecule is CC(c1ccccc1)[C@@H]1NC(=O)CNC(=O)[C@H](CO)NC(=O)[C@@H](C(O)C2CN=C(N)N2[C@H]2O[C@H](CO)[C@@H](O)[C@H](O)[C@@H]2O)NC(=O)[C@H](C(O)C2CN=C(N)N2)NC(=O)[C@@H](Cc2ccc(O[C@H]3O[C@H](CO)[C@@H](O[C@H]4O[C@H](CO)[C@@H](O)[C@H](O)[C@@H]4O)[C@H](O)[C@@H]3O)c(Br)c2)NC1=O. The molecule has 0 bridgehead atoms. The van der Waals surface area contributed by atoms with E-state index in [1.165, 1.54) is 18.2 Å². The lowest BCUT2D eigenvalue weighted by Crippen LogP contribution is -2.70. The summed E-state index contributed by atoms with van der Waals surface area (Å²) in [6.45, 7) is -4.02. The maximum absolute atomic E-state index is 15.2. The maximum atomic E-state index is 15.2. The molecule has 5 unspecified atom stereocenters. The van der Waals surface area contributed by atoms with E-state index in [9.17, 15) is 90.7 Å². The minimum atomic E-state index is -2.35. The molecule has 6 heterocycles. The molecule has 0 radical (unpaired) electrons. The molecular weight excluding hydrogens is 1300 g/mol. The predicted molar refractivity (Wildman–Crippen MR) is 311 cm³/mol. The summed E-state index contributed by atoms with van der Waals surface area (Å²) >= 11 is 3.37. The van der Waals surface area contributed by atoms with Gasteiger partial charge in [0.2, 0.25) is 41.7 Å². The maximum Gasteiger partial charge on any atom is 0.246 e. The largest absolute Gasteiger partial charge is 0.461 e. The van der Waals surface area contributed by atoms with Crippen LogP contribution in [0.25, 0.3) is 0 Å². The van der Waals surface area contributed by atoms with Gasteiger partial charge < -0.3 is 149 Å². The monoisotopic (exact) mass is 1370 g/mol. The van der Waals surface area contributed by atoms with Crippen molar-refractivity contribution in [1.29, 1.82) is 0 Å². The lowest BCUT2D eigenvalue weighted by atomic mass is 9.92. The van der Waals surface area contributed by atoms with E-state index < -0.39 is 240 Å². The first-order valence-electron chi connectivity index (χ1n) is 29.0. The van der Waals surface area contributed by atoms with Crippen molar-refractivity contribution in [1.82, 2.24) is 42.1 Å². The fourth-order valence-corrected chi connectivity index (χ4v) is 11.8. The molecule has 25 atom stereocenters. The molecule has 4 saturated heterocycles. The van der Waals surface area contributed by atoms with Gasteiger partial charge in [0.15, 0.2) is 24.4 Å². The molecule has 510 valence electrons. The molecule has 2 aromatic rings. The minimum Gasteiger partial charge on any atom is -0.461 e. The average molecular weight is 1370 g/mol. The van der Waals surface area contributed by atoms with Crippen LogP contribution in [0.15, 0.2) is 63.0 Å². The van der Waals surface area contributed by atoms with Gasteiger partial charge in [-0.05, 0) is 39.2 Å². The zero-order valence-corrected chi connectivity index (χ0v) is 50.4. The van der Waals surface area contributed by atoms with Gasteiger partial charge in [-0.15, -0.1) is 0 Å². The molecule has 2 aromatic carbocycles. The summed E-state index contributed by atoms with van der Waals surface area (Å²) in [6, 6.07) is -0.600. The van der Waals surface area contributed by atoms with Gasteiger partial charge in [0, 0.05) is 12.3 Å². The van der Waals surface area contributed by atoms with E-state index >= 15 is 9.59 Å². The van der Waals surface area contributed by atoms with Crippen molar-refractivity contribution in [2.45, 2.75) is 166 Å². The van der Waals surface area contributed by atoms with Crippen LogP contribution in [-0.4, -0.2) is 316 Å². The zero-order chi connectivity index (χ0) is 67.2. The quantitative estimate of drug-likeness (QED) is 0.0699. The van der Waals surface area contributed by atoms with Crippen molar-refractivity contribution >= 4 is 63.3 Å². The Morgan fingerprint density at radius 1 is 0.609 bits per heavy atom. The number of amides is 6. The highest BCUT2D eigenvalue weighted by atomic mass is 79.9. The van der Waals surface area contributed by atoms with Crippen molar-refractivity contribution in [3.05, 3.63) is 64.1 Å². The Balaban J connectivity index is 1.12. The molecule has 0 saturated carbocycles. The first-order valence-corrected chi connectivity index (χ1v) is 29.8. The molecule has 25 N–H and O–H groups in total. The normalized spacial score (nSPS) is 37.3. The summed E-state index contributed by atoms with van der Waals surface area (Å²) in [5, 5.41) is 168.